The SMILES string of the molecule is CNCCCn1cc(C(=O)C2CC2)c2cccc(C)c21. The Balaban J connectivity index is 2.02. The Morgan fingerprint density at radius 1 is 1.40 bits per heavy atom. The van der Waals surface area contributed by atoms with Crippen LogP contribution in [-0.4, -0.2) is 23.9 Å². The average molecular weight is 270 g/mol. The summed E-state index contributed by atoms with van der Waals surface area (Å²) >= 11 is 0. The summed E-state index contributed by atoms with van der Waals surface area (Å²) in [4.78, 5) is 12.4. The van der Waals surface area contributed by atoms with Gasteiger partial charge >= 0.3 is 0 Å². The number of carbonyl (C=O) groups excluding carboxylic acids is 1. The molecular weight excluding hydrogens is 248 g/mol. The minimum atomic E-state index is 0.284. The number of benzene rings is 1. The molecule has 0 bridgehead atoms. The van der Waals surface area contributed by atoms with Crippen molar-refractivity contribution in [1.82, 2.24) is 9.88 Å². The monoisotopic (exact) mass is 270 g/mol. The van der Waals surface area contributed by atoms with E-state index in [4.69, 9.17) is 0 Å². The highest BCUT2D eigenvalue weighted by Gasteiger charge is 2.32. The Kier molecular flexibility index (Phi) is 3.62. The van der Waals surface area contributed by atoms with Crippen molar-refractivity contribution < 1.29 is 4.79 Å². The van der Waals surface area contributed by atoms with Gasteiger partial charge in [0.25, 0.3) is 0 Å². The van der Waals surface area contributed by atoms with Crippen LogP contribution >= 0.6 is 0 Å². The van der Waals surface area contributed by atoms with Crippen LogP contribution in [0, 0.1) is 12.8 Å². The maximum atomic E-state index is 12.4. The lowest BCUT2D eigenvalue weighted by molar-refractivity contribution is 0.0969. The first-order valence-corrected chi connectivity index (χ1v) is 7.49. The molecule has 106 valence electrons. The fourth-order valence-corrected chi connectivity index (χ4v) is 2.91. The van der Waals surface area contributed by atoms with Gasteiger partial charge in [-0.25, -0.2) is 0 Å². The van der Waals surface area contributed by atoms with Gasteiger partial charge in [-0.2, -0.15) is 0 Å². The molecule has 1 N–H and O–H groups in total. The summed E-state index contributed by atoms with van der Waals surface area (Å²) < 4.78 is 2.26. The molecule has 3 heteroatoms. The molecule has 0 spiro atoms. The van der Waals surface area contributed by atoms with Crippen molar-refractivity contribution in [3.63, 3.8) is 0 Å². The van der Waals surface area contributed by atoms with Crippen molar-refractivity contribution in [2.75, 3.05) is 13.6 Å². The number of hydrogen-bond donors (Lipinski definition) is 1. The minimum absolute atomic E-state index is 0.284. The summed E-state index contributed by atoms with van der Waals surface area (Å²) in [5.74, 6) is 0.625. The average Bonchev–Trinajstić information content (AvgIpc) is 3.22. The highest BCUT2D eigenvalue weighted by molar-refractivity contribution is 6.10. The number of Topliss-reactive ketones (excluding diaryl/α,β-unsaturated/α-hetero) is 1. The van der Waals surface area contributed by atoms with Gasteiger partial charge in [-0.05, 0) is 45.3 Å². The lowest BCUT2D eigenvalue weighted by atomic mass is 10.0. The lowest BCUT2D eigenvalue weighted by Crippen LogP contribution is -2.10. The molecule has 1 fully saturated rings. The van der Waals surface area contributed by atoms with Gasteiger partial charge in [0, 0.05) is 29.6 Å². The van der Waals surface area contributed by atoms with Crippen molar-refractivity contribution in [1.29, 1.82) is 0 Å². The quantitative estimate of drug-likeness (QED) is 0.646. The molecular formula is C17H22N2O. The zero-order chi connectivity index (χ0) is 14.1. The van der Waals surface area contributed by atoms with E-state index in [-0.39, 0.29) is 5.92 Å². The second-order valence-electron chi connectivity index (χ2n) is 5.80. The number of aromatic nitrogens is 1. The van der Waals surface area contributed by atoms with Gasteiger partial charge in [0.1, 0.15) is 0 Å². The summed E-state index contributed by atoms with van der Waals surface area (Å²) in [6.45, 7) is 4.08. The van der Waals surface area contributed by atoms with Crippen LogP contribution in [0.3, 0.4) is 0 Å². The fraction of sp³-hybridized carbons (Fsp3) is 0.471. The van der Waals surface area contributed by atoms with E-state index >= 15 is 0 Å². The van der Waals surface area contributed by atoms with Gasteiger partial charge in [-0.3, -0.25) is 4.79 Å². The van der Waals surface area contributed by atoms with Gasteiger partial charge in [-0.1, -0.05) is 18.2 Å². The predicted octanol–water partition coefficient (Wildman–Crippen LogP) is 3.15. The molecule has 0 unspecified atom stereocenters. The van der Waals surface area contributed by atoms with E-state index in [0.717, 1.165) is 43.3 Å². The van der Waals surface area contributed by atoms with E-state index in [2.05, 4.69) is 41.2 Å². The minimum Gasteiger partial charge on any atom is -0.346 e. The molecule has 0 radical (unpaired) electrons. The second-order valence-corrected chi connectivity index (χ2v) is 5.80. The summed E-state index contributed by atoms with van der Waals surface area (Å²) in [7, 11) is 1.97. The number of fused-ring (bicyclic) bond motifs is 1. The summed E-state index contributed by atoms with van der Waals surface area (Å²) in [5.41, 5.74) is 3.41. The van der Waals surface area contributed by atoms with Crippen LogP contribution in [0.1, 0.15) is 35.2 Å². The van der Waals surface area contributed by atoms with Crippen molar-refractivity contribution in [2.24, 2.45) is 5.92 Å². The molecule has 3 rings (SSSR count). The molecule has 3 nitrogen and oxygen atoms in total. The van der Waals surface area contributed by atoms with Crippen molar-refractivity contribution in [3.05, 3.63) is 35.5 Å². The molecule has 0 aliphatic heterocycles. The number of nitrogens with one attached hydrogen (secondary N) is 1. The maximum Gasteiger partial charge on any atom is 0.168 e. The molecule has 0 atom stereocenters. The summed E-state index contributed by atoms with van der Waals surface area (Å²) in [5, 5.41) is 4.31. The van der Waals surface area contributed by atoms with Crippen LogP contribution in [0.25, 0.3) is 10.9 Å². The number of ketones is 1. The predicted molar refractivity (Wildman–Crippen MR) is 82.3 cm³/mol. The van der Waals surface area contributed by atoms with Crippen LogP contribution < -0.4 is 5.32 Å². The maximum absolute atomic E-state index is 12.4. The van der Waals surface area contributed by atoms with E-state index in [9.17, 15) is 4.79 Å². The Labute approximate surface area is 120 Å². The van der Waals surface area contributed by atoms with Crippen molar-refractivity contribution in [2.45, 2.75) is 32.7 Å². The number of nitrogens with zero attached hydrogens (tertiary/aromatic N) is 1. The molecule has 1 aromatic carbocycles. The first-order chi connectivity index (χ1) is 9.72. The highest BCUT2D eigenvalue weighted by atomic mass is 16.1. The summed E-state index contributed by atoms with van der Waals surface area (Å²) in [6.07, 6.45) is 5.29. The smallest absolute Gasteiger partial charge is 0.168 e. The van der Waals surface area contributed by atoms with Gasteiger partial charge in [0.15, 0.2) is 5.78 Å². The molecule has 1 saturated carbocycles. The number of carbonyl (C=O) groups is 1. The largest absolute Gasteiger partial charge is 0.346 e. The molecule has 2 aromatic rings. The molecule has 1 aliphatic rings. The van der Waals surface area contributed by atoms with E-state index < -0.39 is 0 Å². The van der Waals surface area contributed by atoms with Crippen LogP contribution in [-0.2, 0) is 6.54 Å². The third-order valence-corrected chi connectivity index (χ3v) is 4.14. The Bertz CT molecular complexity index is 638. The zero-order valence-corrected chi connectivity index (χ0v) is 12.3. The van der Waals surface area contributed by atoms with E-state index in [1.807, 2.05) is 7.05 Å². The first-order valence-electron chi connectivity index (χ1n) is 7.49. The van der Waals surface area contributed by atoms with E-state index in [1.54, 1.807) is 0 Å². The van der Waals surface area contributed by atoms with Gasteiger partial charge in [0.05, 0.1) is 5.52 Å². The molecule has 1 heterocycles. The molecule has 1 aromatic heterocycles. The Hall–Kier alpha value is -1.61. The standard InChI is InChI=1S/C17H22N2O/c1-12-5-3-6-14-15(17(20)13-7-8-13)11-19(16(12)14)10-4-9-18-2/h3,5-6,11,13,18H,4,7-10H2,1-2H3. The van der Waals surface area contributed by atoms with E-state index in [1.165, 1.54) is 11.1 Å². The van der Waals surface area contributed by atoms with Crippen LogP contribution in [0.2, 0.25) is 0 Å². The number of rotatable bonds is 6. The fourth-order valence-electron chi connectivity index (χ4n) is 2.91. The van der Waals surface area contributed by atoms with Crippen molar-refractivity contribution in [3.8, 4) is 0 Å². The van der Waals surface area contributed by atoms with Crippen LogP contribution in [0.4, 0.5) is 0 Å². The number of para-hydroxylation sites is 1. The Morgan fingerprint density at radius 2 is 2.20 bits per heavy atom. The second kappa shape index (κ2) is 5.41. The zero-order valence-electron chi connectivity index (χ0n) is 12.3. The normalized spacial score (nSPS) is 14.9. The van der Waals surface area contributed by atoms with Crippen LogP contribution in [0.15, 0.2) is 24.4 Å². The highest BCUT2D eigenvalue weighted by Crippen LogP contribution is 2.35. The van der Waals surface area contributed by atoms with Gasteiger partial charge < -0.3 is 9.88 Å². The van der Waals surface area contributed by atoms with Crippen molar-refractivity contribution >= 4 is 16.7 Å². The van der Waals surface area contributed by atoms with Crippen LogP contribution in [0.5, 0.6) is 0 Å². The van der Waals surface area contributed by atoms with Gasteiger partial charge in [0.2, 0.25) is 0 Å². The molecule has 0 amide bonds. The molecule has 20 heavy (non-hydrogen) atoms. The third-order valence-electron chi connectivity index (χ3n) is 4.14. The number of hydrogen-bond acceptors (Lipinski definition) is 2. The number of aryl methyl sites for hydroxylation is 2. The van der Waals surface area contributed by atoms with E-state index in [0.29, 0.717) is 5.78 Å². The first kappa shape index (κ1) is 13.4. The molecule has 1 aliphatic carbocycles. The topological polar surface area (TPSA) is 34.0 Å². The third kappa shape index (κ3) is 2.38. The summed E-state index contributed by atoms with van der Waals surface area (Å²) in [6, 6.07) is 6.27. The lowest BCUT2D eigenvalue weighted by Gasteiger charge is -2.06. The van der Waals surface area contributed by atoms with Gasteiger partial charge in [-0.15, -0.1) is 0 Å². The Morgan fingerprint density at radius 3 is 2.90 bits per heavy atom. The molecule has 0 saturated heterocycles.